The highest BCUT2D eigenvalue weighted by Crippen LogP contribution is 2.29. The SMILES string of the molecule is C[C@H](NC(=S)NCCc1ccccc1)[C@H](c1cccs1)N1CCN(C)CC1. The Balaban J connectivity index is 1.54. The van der Waals surface area contributed by atoms with Gasteiger partial charge in [0.05, 0.1) is 6.04 Å². The molecule has 2 N–H and O–H groups in total. The Morgan fingerprint density at radius 2 is 1.85 bits per heavy atom. The van der Waals surface area contributed by atoms with E-state index < -0.39 is 0 Å². The van der Waals surface area contributed by atoms with E-state index in [9.17, 15) is 0 Å². The first-order valence-corrected chi connectivity index (χ1v) is 11.0. The molecule has 6 heteroatoms. The van der Waals surface area contributed by atoms with Crippen LogP contribution in [0.4, 0.5) is 0 Å². The molecule has 2 atom stereocenters. The highest BCUT2D eigenvalue weighted by atomic mass is 32.1. The molecule has 3 rings (SSSR count). The largest absolute Gasteiger partial charge is 0.362 e. The van der Waals surface area contributed by atoms with Crippen molar-refractivity contribution in [3.8, 4) is 0 Å². The molecular weight excluding hydrogens is 372 g/mol. The lowest BCUT2D eigenvalue weighted by atomic mass is 10.1. The molecule has 1 fully saturated rings. The Morgan fingerprint density at radius 1 is 1.11 bits per heavy atom. The summed E-state index contributed by atoms with van der Waals surface area (Å²) in [5.74, 6) is 0. The van der Waals surface area contributed by atoms with Crippen molar-refractivity contribution >= 4 is 28.7 Å². The van der Waals surface area contributed by atoms with Gasteiger partial charge in [-0.25, -0.2) is 0 Å². The standard InChI is InChI=1S/C21H30N4S2/c1-17(23-21(26)22-11-10-18-7-4-3-5-8-18)20(19-9-6-16-27-19)25-14-12-24(2)13-15-25/h3-9,16-17,20H,10-15H2,1-2H3,(H2,22,23,26)/t17-,20+/m0/s1. The Bertz CT molecular complexity index is 681. The molecule has 1 aliphatic heterocycles. The van der Waals surface area contributed by atoms with Crippen LogP contribution in [0.3, 0.4) is 0 Å². The van der Waals surface area contributed by atoms with Gasteiger partial charge in [0.15, 0.2) is 5.11 Å². The monoisotopic (exact) mass is 402 g/mol. The van der Waals surface area contributed by atoms with Gasteiger partial charge in [0.1, 0.15) is 0 Å². The average molecular weight is 403 g/mol. The van der Waals surface area contributed by atoms with Crippen molar-refractivity contribution in [2.75, 3.05) is 39.8 Å². The third-order valence-corrected chi connectivity index (χ3v) is 6.35. The summed E-state index contributed by atoms with van der Waals surface area (Å²) < 4.78 is 0. The van der Waals surface area contributed by atoms with Crippen molar-refractivity contribution in [2.45, 2.75) is 25.4 Å². The molecule has 1 aromatic carbocycles. The summed E-state index contributed by atoms with van der Waals surface area (Å²) in [7, 11) is 2.20. The number of thiocarbonyl (C=S) groups is 1. The van der Waals surface area contributed by atoms with Gasteiger partial charge in [0.2, 0.25) is 0 Å². The lowest BCUT2D eigenvalue weighted by Gasteiger charge is -2.40. The number of piperazine rings is 1. The molecular formula is C21H30N4S2. The van der Waals surface area contributed by atoms with E-state index in [1.165, 1.54) is 10.4 Å². The number of benzene rings is 1. The van der Waals surface area contributed by atoms with Crippen LogP contribution in [0.2, 0.25) is 0 Å². The first-order valence-electron chi connectivity index (χ1n) is 9.68. The predicted molar refractivity (Wildman–Crippen MR) is 119 cm³/mol. The van der Waals surface area contributed by atoms with Crippen molar-refractivity contribution < 1.29 is 0 Å². The summed E-state index contributed by atoms with van der Waals surface area (Å²) in [6, 6.07) is 15.5. The summed E-state index contributed by atoms with van der Waals surface area (Å²) in [6.07, 6.45) is 0.976. The number of hydrogen-bond acceptors (Lipinski definition) is 4. The van der Waals surface area contributed by atoms with E-state index in [0.717, 1.165) is 44.3 Å². The van der Waals surface area contributed by atoms with E-state index >= 15 is 0 Å². The van der Waals surface area contributed by atoms with Crippen LogP contribution in [-0.2, 0) is 6.42 Å². The number of nitrogens with zero attached hydrogens (tertiary/aromatic N) is 2. The fourth-order valence-corrected chi connectivity index (χ4v) is 4.86. The summed E-state index contributed by atoms with van der Waals surface area (Å²) in [6.45, 7) is 7.52. The molecule has 1 saturated heterocycles. The second-order valence-corrected chi connectivity index (χ2v) is 8.61. The minimum Gasteiger partial charge on any atom is -0.362 e. The normalized spacial score (nSPS) is 18.0. The highest BCUT2D eigenvalue weighted by Gasteiger charge is 2.29. The van der Waals surface area contributed by atoms with Gasteiger partial charge < -0.3 is 15.5 Å². The summed E-state index contributed by atoms with van der Waals surface area (Å²) in [5.41, 5.74) is 1.33. The van der Waals surface area contributed by atoms with E-state index in [1.807, 2.05) is 17.4 Å². The Hall–Kier alpha value is -1.47. The third kappa shape index (κ3) is 6.01. The third-order valence-electron chi connectivity index (χ3n) is 5.14. The van der Waals surface area contributed by atoms with Crippen LogP contribution in [0.15, 0.2) is 47.8 Å². The first kappa shape index (κ1) is 20.3. The molecule has 27 heavy (non-hydrogen) atoms. The van der Waals surface area contributed by atoms with Crippen LogP contribution in [0.25, 0.3) is 0 Å². The van der Waals surface area contributed by atoms with Crippen LogP contribution in [0.1, 0.15) is 23.4 Å². The van der Waals surface area contributed by atoms with Crippen LogP contribution >= 0.6 is 23.6 Å². The van der Waals surface area contributed by atoms with E-state index in [0.29, 0.717) is 6.04 Å². The van der Waals surface area contributed by atoms with Crippen LogP contribution in [0, 0.1) is 0 Å². The van der Waals surface area contributed by atoms with Gasteiger partial charge in [-0.3, -0.25) is 4.90 Å². The molecule has 146 valence electrons. The summed E-state index contributed by atoms with van der Waals surface area (Å²) >= 11 is 7.41. The van der Waals surface area contributed by atoms with Crippen molar-refractivity contribution in [1.29, 1.82) is 0 Å². The van der Waals surface area contributed by atoms with Gasteiger partial charge in [-0.05, 0) is 49.6 Å². The molecule has 2 aromatic rings. The van der Waals surface area contributed by atoms with E-state index in [-0.39, 0.29) is 6.04 Å². The van der Waals surface area contributed by atoms with Crippen LogP contribution in [-0.4, -0.2) is 60.7 Å². The van der Waals surface area contributed by atoms with Gasteiger partial charge in [-0.2, -0.15) is 0 Å². The van der Waals surface area contributed by atoms with Crippen molar-refractivity contribution in [2.24, 2.45) is 0 Å². The molecule has 4 nitrogen and oxygen atoms in total. The number of likely N-dealkylation sites (N-methyl/N-ethyl adjacent to an activating group) is 1. The second-order valence-electron chi connectivity index (χ2n) is 7.22. The first-order chi connectivity index (χ1) is 13.1. The number of hydrogen-bond donors (Lipinski definition) is 2. The zero-order chi connectivity index (χ0) is 19.1. The molecule has 0 unspecified atom stereocenters. The van der Waals surface area contributed by atoms with Gasteiger partial charge in [0.25, 0.3) is 0 Å². The fourth-order valence-electron chi connectivity index (χ4n) is 3.60. The average Bonchev–Trinajstić information content (AvgIpc) is 3.18. The minimum absolute atomic E-state index is 0.254. The maximum absolute atomic E-state index is 5.57. The zero-order valence-electron chi connectivity index (χ0n) is 16.2. The Morgan fingerprint density at radius 3 is 2.52 bits per heavy atom. The quantitative estimate of drug-likeness (QED) is 0.695. The van der Waals surface area contributed by atoms with Crippen molar-refractivity contribution in [3.05, 3.63) is 58.3 Å². The number of nitrogens with one attached hydrogen (secondary N) is 2. The lowest BCUT2D eigenvalue weighted by Crippen LogP contribution is -2.52. The molecule has 2 heterocycles. The molecule has 0 amide bonds. The van der Waals surface area contributed by atoms with Crippen molar-refractivity contribution in [1.82, 2.24) is 20.4 Å². The molecule has 0 saturated carbocycles. The maximum Gasteiger partial charge on any atom is 0.166 e. The fraction of sp³-hybridized carbons (Fsp3) is 0.476. The summed E-state index contributed by atoms with van der Waals surface area (Å²) in [5, 5.41) is 9.82. The van der Waals surface area contributed by atoms with Gasteiger partial charge in [0, 0.05) is 43.6 Å². The topological polar surface area (TPSA) is 30.5 Å². The van der Waals surface area contributed by atoms with Crippen LogP contribution in [0.5, 0.6) is 0 Å². The molecule has 1 aliphatic rings. The molecule has 1 aromatic heterocycles. The van der Waals surface area contributed by atoms with E-state index in [4.69, 9.17) is 12.2 Å². The molecule has 0 bridgehead atoms. The Labute approximate surface area is 172 Å². The summed E-state index contributed by atoms with van der Waals surface area (Å²) in [4.78, 5) is 6.40. The predicted octanol–water partition coefficient (Wildman–Crippen LogP) is 3.13. The van der Waals surface area contributed by atoms with Crippen molar-refractivity contribution in [3.63, 3.8) is 0 Å². The van der Waals surface area contributed by atoms with Gasteiger partial charge in [-0.15, -0.1) is 11.3 Å². The van der Waals surface area contributed by atoms with Gasteiger partial charge in [-0.1, -0.05) is 36.4 Å². The smallest absolute Gasteiger partial charge is 0.166 e. The van der Waals surface area contributed by atoms with Crippen LogP contribution < -0.4 is 10.6 Å². The lowest BCUT2D eigenvalue weighted by molar-refractivity contribution is 0.0988. The number of rotatable bonds is 7. The number of thiophene rings is 1. The van der Waals surface area contributed by atoms with E-state index in [2.05, 4.69) is 76.2 Å². The molecule has 0 aliphatic carbocycles. The molecule has 0 radical (unpaired) electrons. The highest BCUT2D eigenvalue weighted by molar-refractivity contribution is 7.80. The Kier molecular flexibility index (Phi) is 7.64. The minimum atomic E-state index is 0.254. The van der Waals surface area contributed by atoms with Gasteiger partial charge >= 0.3 is 0 Å². The molecule has 0 spiro atoms. The maximum atomic E-state index is 5.57. The second kappa shape index (κ2) is 10.2. The zero-order valence-corrected chi connectivity index (χ0v) is 17.9. The van der Waals surface area contributed by atoms with E-state index in [1.54, 1.807) is 0 Å².